The molecule has 54 heavy (non-hydrogen) atoms. The van der Waals surface area contributed by atoms with E-state index in [-0.39, 0.29) is 0 Å². The van der Waals surface area contributed by atoms with Crippen LogP contribution in [0.4, 0.5) is 0 Å². The minimum absolute atomic E-state index is 0.572. The smallest absolute Gasteiger partial charge is 0.167 e. The molecule has 9 heteroatoms. The van der Waals surface area contributed by atoms with Crippen LogP contribution in [0.25, 0.3) is 89.5 Å². The zero-order valence-corrected chi connectivity index (χ0v) is 31.1. The summed E-state index contributed by atoms with van der Waals surface area (Å²) >= 11 is 0. The third kappa shape index (κ3) is 5.77. The molecule has 0 amide bonds. The van der Waals surface area contributed by atoms with Gasteiger partial charge in [0.05, 0.1) is 5.56 Å². The number of rotatable bonds is 6. The number of hydrogen-bond acceptors (Lipinski definition) is 4. The average Bonchev–Trinajstić information content (AvgIpc) is 3.62. The highest BCUT2D eigenvalue weighted by Gasteiger charge is 2.19. The Hall–Kier alpha value is -6.33. The second kappa shape index (κ2) is 13.6. The molecule has 0 fully saturated rings. The van der Waals surface area contributed by atoms with Gasteiger partial charge in [-0.3, -0.25) is 0 Å². The van der Waals surface area contributed by atoms with E-state index in [9.17, 15) is 0 Å². The van der Waals surface area contributed by atoms with Gasteiger partial charge in [0.25, 0.3) is 0 Å². The lowest BCUT2D eigenvalue weighted by Crippen LogP contribution is -2.55. The lowest BCUT2D eigenvalue weighted by Gasteiger charge is -2.20. The molecule has 0 bridgehead atoms. The summed E-state index contributed by atoms with van der Waals surface area (Å²) < 4.78 is 6.83. The van der Waals surface area contributed by atoms with Crippen molar-refractivity contribution >= 4 is 88.5 Å². The summed E-state index contributed by atoms with van der Waals surface area (Å²) in [4.78, 5) is 14.9. The lowest BCUT2D eigenvalue weighted by atomic mass is 9.59. The van der Waals surface area contributed by atoms with Gasteiger partial charge in [0.2, 0.25) is 0 Å². The number of fused-ring (bicyclic) bond motifs is 3. The third-order valence-corrected chi connectivity index (χ3v) is 11.2. The Kier molecular flexibility index (Phi) is 8.43. The van der Waals surface area contributed by atoms with Crippen molar-refractivity contribution in [3.05, 3.63) is 146 Å². The molecule has 0 saturated carbocycles. The van der Waals surface area contributed by atoms with E-state index >= 15 is 0 Å². The van der Waals surface area contributed by atoms with E-state index in [0.29, 0.717) is 17.5 Å². The average molecular weight is 687 g/mol. The van der Waals surface area contributed by atoms with Crippen LogP contribution in [0.3, 0.4) is 0 Å². The van der Waals surface area contributed by atoms with Gasteiger partial charge in [0, 0.05) is 27.5 Å². The van der Waals surface area contributed by atoms with Crippen LogP contribution in [0, 0.1) is 0 Å². The van der Waals surface area contributed by atoms with Crippen molar-refractivity contribution in [3.63, 3.8) is 0 Å². The topological polar surface area (TPSA) is 51.8 Å². The molecule has 0 aliphatic rings. The Labute approximate surface area is 319 Å². The second-order valence-electron chi connectivity index (χ2n) is 14.2. The molecule has 9 rings (SSSR count). The Morgan fingerprint density at radius 3 is 1.24 bits per heavy atom. The highest BCUT2D eigenvalue weighted by molar-refractivity contribution is 6.68. The molecule has 250 valence electrons. The predicted molar refractivity (Wildman–Crippen MR) is 241 cm³/mol. The quantitative estimate of drug-likeness (QED) is 0.253. The first-order valence-corrected chi connectivity index (χ1v) is 18.5. The van der Waals surface area contributed by atoms with Crippen molar-refractivity contribution < 1.29 is 4.42 Å². The van der Waals surface area contributed by atoms with Crippen LogP contribution in [-0.2, 0) is 0 Å². The largest absolute Gasteiger partial charge is 0.455 e. The number of nitrogens with zero attached hydrogens (tertiary/aromatic N) is 3. The molecule has 0 N–H and O–H groups in total. The highest BCUT2D eigenvalue weighted by atomic mass is 16.3. The number of aromatic nitrogens is 3. The van der Waals surface area contributed by atoms with E-state index in [4.69, 9.17) is 19.4 Å². The van der Waals surface area contributed by atoms with Crippen LogP contribution in [-0.4, -0.2) is 54.2 Å². The molecular formula is C45H34B5N3O. The van der Waals surface area contributed by atoms with Gasteiger partial charge >= 0.3 is 0 Å². The molecule has 0 saturated heterocycles. The fraction of sp³-hybridized carbons (Fsp3) is 0. The van der Waals surface area contributed by atoms with Crippen molar-refractivity contribution in [1.29, 1.82) is 0 Å². The molecular weight excluding hydrogens is 653 g/mol. The van der Waals surface area contributed by atoms with Gasteiger partial charge in [-0.05, 0) is 33.9 Å². The molecule has 4 nitrogen and oxygen atoms in total. The zero-order valence-electron chi connectivity index (χ0n) is 31.1. The van der Waals surface area contributed by atoms with Crippen LogP contribution in [0.5, 0.6) is 0 Å². The van der Waals surface area contributed by atoms with Crippen LogP contribution in [0.2, 0.25) is 0 Å². The van der Waals surface area contributed by atoms with Gasteiger partial charge in [-0.2, -0.15) is 0 Å². The van der Waals surface area contributed by atoms with Crippen molar-refractivity contribution in [2.75, 3.05) is 0 Å². The fourth-order valence-electron chi connectivity index (χ4n) is 7.76. The van der Waals surface area contributed by atoms with Crippen molar-refractivity contribution in [3.8, 4) is 67.5 Å². The molecule has 0 spiro atoms. The standard InChI is InChI=1S/C45H34B5N3O/c46-36-35(37(47)39(49)40(50)38(36)48)28-23-19-26(20-24-28)25-17-21-27(22-18-25)31-13-7-14-32-33-15-8-16-34(42(33)54-41(31)32)45-52-43(29-9-3-1-4-10-29)51-44(53-45)30-11-5-2-6-12-30/h1-24H,46-50H2. The fourth-order valence-corrected chi connectivity index (χ4v) is 7.76. The number of furan rings is 1. The van der Waals surface area contributed by atoms with Crippen molar-refractivity contribution in [2.45, 2.75) is 0 Å². The molecule has 2 aromatic heterocycles. The van der Waals surface area contributed by atoms with Gasteiger partial charge in [0.1, 0.15) is 50.4 Å². The normalized spacial score (nSPS) is 11.3. The summed E-state index contributed by atoms with van der Waals surface area (Å²) in [5.41, 5.74) is 18.3. The molecule has 0 atom stereocenters. The van der Waals surface area contributed by atoms with E-state index in [1.165, 1.54) is 49.6 Å². The van der Waals surface area contributed by atoms with Crippen molar-refractivity contribution in [1.82, 2.24) is 15.0 Å². The molecule has 7 aromatic carbocycles. The van der Waals surface area contributed by atoms with Gasteiger partial charge < -0.3 is 4.42 Å². The summed E-state index contributed by atoms with van der Waals surface area (Å²) in [5.74, 6) is 1.81. The molecule has 0 unspecified atom stereocenters. The van der Waals surface area contributed by atoms with E-state index in [0.717, 1.165) is 49.8 Å². The van der Waals surface area contributed by atoms with E-state index in [1.807, 2.05) is 66.7 Å². The molecule has 0 radical (unpaired) electrons. The van der Waals surface area contributed by atoms with Crippen LogP contribution < -0.4 is 27.3 Å². The maximum absolute atomic E-state index is 6.83. The van der Waals surface area contributed by atoms with E-state index in [1.54, 1.807) is 0 Å². The van der Waals surface area contributed by atoms with Gasteiger partial charge in [0.15, 0.2) is 17.5 Å². The lowest BCUT2D eigenvalue weighted by molar-refractivity contribution is 0.670. The summed E-state index contributed by atoms with van der Waals surface area (Å²) in [6, 6.07) is 50.5. The van der Waals surface area contributed by atoms with E-state index < -0.39 is 0 Å². The first-order valence-electron chi connectivity index (χ1n) is 18.5. The first kappa shape index (κ1) is 33.5. The second-order valence-corrected chi connectivity index (χ2v) is 14.2. The number of hydrogen-bond donors (Lipinski definition) is 0. The first-order chi connectivity index (χ1) is 26.4. The summed E-state index contributed by atoms with van der Waals surface area (Å²) in [7, 11) is 11.2. The maximum Gasteiger partial charge on any atom is 0.167 e. The minimum Gasteiger partial charge on any atom is -0.455 e. The monoisotopic (exact) mass is 687 g/mol. The predicted octanol–water partition coefficient (Wildman–Crippen LogP) is 3.07. The summed E-state index contributed by atoms with van der Waals surface area (Å²) in [5, 5.41) is 2.07. The van der Waals surface area contributed by atoms with Crippen molar-refractivity contribution in [2.24, 2.45) is 0 Å². The van der Waals surface area contributed by atoms with Crippen LogP contribution >= 0.6 is 0 Å². The Morgan fingerprint density at radius 1 is 0.315 bits per heavy atom. The number of para-hydroxylation sites is 2. The van der Waals surface area contributed by atoms with Gasteiger partial charge in [-0.25, -0.2) is 15.0 Å². The van der Waals surface area contributed by atoms with Crippen LogP contribution in [0.1, 0.15) is 0 Å². The molecule has 9 aromatic rings. The summed E-state index contributed by atoms with van der Waals surface area (Å²) in [6.45, 7) is 0. The summed E-state index contributed by atoms with van der Waals surface area (Å²) in [6.07, 6.45) is 0. The SMILES string of the molecule is Bc1c(B)c(B)c(-c2ccc(-c3ccc(-c4cccc5c4oc4c(-c6nc(-c7ccccc7)nc(-c7ccccc7)n6)cccc45)cc3)cc2)c(B)c1B. The Bertz CT molecular complexity index is 2770. The molecule has 2 heterocycles. The Balaban J connectivity index is 1.09. The molecule has 0 aliphatic carbocycles. The molecule has 0 aliphatic heterocycles. The van der Waals surface area contributed by atoms with Gasteiger partial charge in [-0.15, -0.1) is 16.4 Å². The highest BCUT2D eigenvalue weighted by Crippen LogP contribution is 2.40. The zero-order chi connectivity index (χ0) is 36.9. The minimum atomic E-state index is 0.572. The van der Waals surface area contributed by atoms with Crippen LogP contribution in [0.15, 0.2) is 150 Å². The maximum atomic E-state index is 6.83. The Morgan fingerprint density at radius 2 is 0.722 bits per heavy atom. The third-order valence-electron chi connectivity index (χ3n) is 11.2. The number of benzene rings is 7. The van der Waals surface area contributed by atoms with E-state index in [2.05, 4.69) is 118 Å². The van der Waals surface area contributed by atoms with Gasteiger partial charge in [-0.1, -0.05) is 150 Å².